The molecular formula is C12H20ClN3O2. The van der Waals surface area contributed by atoms with Gasteiger partial charge in [-0.25, -0.2) is 9.97 Å². The largest absolute Gasteiger partial charge is 0.396 e. The van der Waals surface area contributed by atoms with Crippen LogP contribution in [0.15, 0.2) is 6.07 Å². The van der Waals surface area contributed by atoms with Gasteiger partial charge in [0.05, 0.1) is 12.6 Å². The van der Waals surface area contributed by atoms with Gasteiger partial charge in [-0.15, -0.1) is 0 Å². The summed E-state index contributed by atoms with van der Waals surface area (Å²) in [5, 5.41) is 12.6. The van der Waals surface area contributed by atoms with Gasteiger partial charge in [-0.3, -0.25) is 0 Å². The van der Waals surface area contributed by atoms with E-state index in [4.69, 9.17) is 21.4 Å². The fraction of sp³-hybridized carbons (Fsp3) is 0.667. The van der Waals surface area contributed by atoms with E-state index >= 15 is 0 Å². The number of aromatic nitrogens is 2. The van der Waals surface area contributed by atoms with Crippen molar-refractivity contribution < 1.29 is 9.84 Å². The second-order valence-electron chi connectivity index (χ2n) is 4.40. The van der Waals surface area contributed by atoms with Crippen molar-refractivity contribution in [2.24, 2.45) is 0 Å². The van der Waals surface area contributed by atoms with Gasteiger partial charge in [0.25, 0.3) is 0 Å². The van der Waals surface area contributed by atoms with E-state index in [0.717, 1.165) is 0 Å². The molecule has 1 rings (SSSR count). The Morgan fingerprint density at radius 3 is 2.72 bits per heavy atom. The third kappa shape index (κ3) is 4.76. The standard InChI is InChI=1S/C12H20ClN3O2/c1-8(2)12-15-10(13)6-11(16-12)14-9(4-5-17)7-18-3/h6,8-9,17H,4-5,7H2,1-3H3,(H,14,15,16). The number of hydrogen-bond donors (Lipinski definition) is 2. The van der Waals surface area contributed by atoms with Gasteiger partial charge in [-0.2, -0.15) is 0 Å². The van der Waals surface area contributed by atoms with Crippen molar-refractivity contribution in [1.82, 2.24) is 9.97 Å². The molecule has 0 saturated heterocycles. The number of rotatable bonds is 7. The first-order valence-electron chi connectivity index (χ1n) is 5.97. The van der Waals surface area contributed by atoms with Gasteiger partial charge in [0, 0.05) is 25.7 Å². The fourth-order valence-electron chi connectivity index (χ4n) is 1.53. The number of aliphatic hydroxyl groups excluding tert-OH is 1. The molecule has 2 N–H and O–H groups in total. The molecule has 1 atom stereocenters. The highest BCUT2D eigenvalue weighted by Crippen LogP contribution is 2.18. The molecule has 0 radical (unpaired) electrons. The third-order valence-corrected chi connectivity index (χ3v) is 2.62. The lowest BCUT2D eigenvalue weighted by Gasteiger charge is -2.18. The Kier molecular flexibility index (Phi) is 6.32. The lowest BCUT2D eigenvalue weighted by molar-refractivity contribution is 0.170. The Bertz CT molecular complexity index is 368. The number of methoxy groups -OCH3 is 1. The zero-order chi connectivity index (χ0) is 13.5. The molecule has 0 aromatic carbocycles. The summed E-state index contributed by atoms with van der Waals surface area (Å²) >= 11 is 5.96. The van der Waals surface area contributed by atoms with Crippen LogP contribution in [0.4, 0.5) is 5.82 Å². The molecule has 1 unspecified atom stereocenters. The van der Waals surface area contributed by atoms with Crippen molar-refractivity contribution in [2.75, 3.05) is 25.6 Å². The lowest BCUT2D eigenvalue weighted by Crippen LogP contribution is -2.27. The fourth-order valence-corrected chi connectivity index (χ4v) is 1.72. The maximum absolute atomic E-state index is 8.98. The predicted molar refractivity (Wildman–Crippen MR) is 72.1 cm³/mol. The molecule has 0 spiro atoms. The Labute approximate surface area is 113 Å². The van der Waals surface area contributed by atoms with Crippen LogP contribution in [-0.2, 0) is 4.74 Å². The Morgan fingerprint density at radius 2 is 2.17 bits per heavy atom. The van der Waals surface area contributed by atoms with Crippen molar-refractivity contribution in [3.8, 4) is 0 Å². The monoisotopic (exact) mass is 273 g/mol. The molecule has 102 valence electrons. The zero-order valence-corrected chi connectivity index (χ0v) is 11.7. The number of nitrogens with zero attached hydrogens (tertiary/aromatic N) is 2. The van der Waals surface area contributed by atoms with Gasteiger partial charge in [0.2, 0.25) is 0 Å². The van der Waals surface area contributed by atoms with E-state index in [0.29, 0.717) is 29.8 Å². The molecule has 18 heavy (non-hydrogen) atoms. The highest BCUT2D eigenvalue weighted by atomic mass is 35.5. The first kappa shape index (κ1) is 15.1. The molecule has 1 aromatic heterocycles. The minimum absolute atomic E-state index is 0.00554. The van der Waals surface area contributed by atoms with Crippen LogP contribution in [0.1, 0.15) is 32.0 Å². The van der Waals surface area contributed by atoms with Gasteiger partial charge in [0.1, 0.15) is 16.8 Å². The average molecular weight is 274 g/mol. The molecule has 0 amide bonds. The molecule has 1 heterocycles. The second kappa shape index (κ2) is 7.51. The SMILES string of the molecule is COCC(CCO)Nc1cc(Cl)nc(C(C)C)n1. The zero-order valence-electron chi connectivity index (χ0n) is 11.0. The molecular weight excluding hydrogens is 254 g/mol. The average Bonchev–Trinajstić information content (AvgIpc) is 2.28. The topological polar surface area (TPSA) is 67.3 Å². The maximum Gasteiger partial charge on any atom is 0.135 e. The first-order chi connectivity index (χ1) is 8.56. The summed E-state index contributed by atoms with van der Waals surface area (Å²) in [6, 6.07) is 1.68. The molecule has 5 nitrogen and oxygen atoms in total. The van der Waals surface area contributed by atoms with E-state index in [9.17, 15) is 0 Å². The summed E-state index contributed by atoms with van der Waals surface area (Å²) in [5.41, 5.74) is 0. The number of halogens is 1. The molecule has 1 aromatic rings. The van der Waals surface area contributed by atoms with E-state index < -0.39 is 0 Å². The van der Waals surface area contributed by atoms with Crippen molar-refractivity contribution in [3.05, 3.63) is 17.0 Å². The highest BCUT2D eigenvalue weighted by Gasteiger charge is 2.11. The number of nitrogens with one attached hydrogen (secondary N) is 1. The minimum atomic E-state index is 0.00554. The highest BCUT2D eigenvalue weighted by molar-refractivity contribution is 6.29. The molecule has 0 aliphatic rings. The Balaban J connectivity index is 2.81. The van der Waals surface area contributed by atoms with E-state index in [-0.39, 0.29) is 18.6 Å². The van der Waals surface area contributed by atoms with Crippen LogP contribution in [-0.4, -0.2) is 41.4 Å². The van der Waals surface area contributed by atoms with Crippen molar-refractivity contribution in [3.63, 3.8) is 0 Å². The van der Waals surface area contributed by atoms with E-state index in [1.165, 1.54) is 0 Å². The summed E-state index contributed by atoms with van der Waals surface area (Å²) in [6.07, 6.45) is 0.590. The van der Waals surface area contributed by atoms with Gasteiger partial charge in [0.15, 0.2) is 0 Å². The van der Waals surface area contributed by atoms with Crippen LogP contribution in [0.2, 0.25) is 5.15 Å². The van der Waals surface area contributed by atoms with Gasteiger partial charge in [-0.05, 0) is 6.42 Å². The number of anilines is 1. The van der Waals surface area contributed by atoms with Crippen LogP contribution >= 0.6 is 11.6 Å². The van der Waals surface area contributed by atoms with Crippen LogP contribution < -0.4 is 5.32 Å². The van der Waals surface area contributed by atoms with Crippen LogP contribution in [0.5, 0.6) is 0 Å². The van der Waals surface area contributed by atoms with Crippen LogP contribution in [0, 0.1) is 0 Å². The number of aliphatic hydroxyl groups is 1. The maximum atomic E-state index is 8.98. The number of ether oxygens (including phenoxy) is 1. The quantitative estimate of drug-likeness (QED) is 0.745. The molecule has 0 saturated carbocycles. The van der Waals surface area contributed by atoms with Crippen LogP contribution in [0.25, 0.3) is 0 Å². The summed E-state index contributed by atoms with van der Waals surface area (Å²) in [7, 11) is 1.62. The summed E-state index contributed by atoms with van der Waals surface area (Å²) in [4.78, 5) is 8.56. The normalized spacial score (nSPS) is 12.8. The molecule has 0 aliphatic carbocycles. The molecule has 0 fully saturated rings. The number of hydrogen-bond acceptors (Lipinski definition) is 5. The smallest absolute Gasteiger partial charge is 0.135 e. The van der Waals surface area contributed by atoms with Crippen molar-refractivity contribution in [1.29, 1.82) is 0 Å². The van der Waals surface area contributed by atoms with Gasteiger partial charge < -0.3 is 15.2 Å². The molecule has 0 bridgehead atoms. The van der Waals surface area contributed by atoms with Crippen molar-refractivity contribution in [2.45, 2.75) is 32.2 Å². The van der Waals surface area contributed by atoms with Crippen LogP contribution in [0.3, 0.4) is 0 Å². The summed E-state index contributed by atoms with van der Waals surface area (Å²) in [5.74, 6) is 1.57. The first-order valence-corrected chi connectivity index (χ1v) is 6.35. The van der Waals surface area contributed by atoms with E-state index in [2.05, 4.69) is 15.3 Å². The van der Waals surface area contributed by atoms with Gasteiger partial charge in [-0.1, -0.05) is 25.4 Å². The third-order valence-electron chi connectivity index (χ3n) is 2.43. The predicted octanol–water partition coefficient (Wildman–Crippen LogP) is 2.06. The van der Waals surface area contributed by atoms with E-state index in [1.807, 2.05) is 13.8 Å². The Hall–Kier alpha value is -0.910. The Morgan fingerprint density at radius 1 is 1.44 bits per heavy atom. The lowest BCUT2D eigenvalue weighted by atomic mass is 10.2. The second-order valence-corrected chi connectivity index (χ2v) is 4.78. The minimum Gasteiger partial charge on any atom is -0.396 e. The van der Waals surface area contributed by atoms with Crippen molar-refractivity contribution >= 4 is 17.4 Å². The summed E-state index contributed by atoms with van der Waals surface area (Å²) in [6.45, 7) is 4.61. The molecule has 0 aliphatic heterocycles. The van der Waals surface area contributed by atoms with Gasteiger partial charge >= 0.3 is 0 Å². The molecule has 6 heteroatoms. The summed E-state index contributed by atoms with van der Waals surface area (Å²) < 4.78 is 5.09. The van der Waals surface area contributed by atoms with E-state index in [1.54, 1.807) is 13.2 Å².